The van der Waals surface area contributed by atoms with Crippen LogP contribution in [-0.4, -0.2) is 23.7 Å². The van der Waals surface area contributed by atoms with Crippen LogP contribution in [-0.2, 0) is 0 Å². The quantitative estimate of drug-likeness (QED) is 0.882. The number of benzene rings is 1. The maximum Gasteiger partial charge on any atom is 0.287 e. The van der Waals surface area contributed by atoms with E-state index in [0.717, 1.165) is 17.4 Å². The second kappa shape index (κ2) is 6.09. The molecule has 1 unspecified atom stereocenters. The SMILES string of the molecule is Cc1c(C(=O)NC(CO)CC(C)C)oc2ccccc12. The second-order valence-corrected chi connectivity index (χ2v) is 5.53. The van der Waals surface area contributed by atoms with Gasteiger partial charge in [0, 0.05) is 10.9 Å². The van der Waals surface area contributed by atoms with Crippen LogP contribution < -0.4 is 5.32 Å². The van der Waals surface area contributed by atoms with Crippen LogP contribution in [0.5, 0.6) is 0 Å². The number of para-hydroxylation sites is 1. The largest absolute Gasteiger partial charge is 0.451 e. The summed E-state index contributed by atoms with van der Waals surface area (Å²) in [7, 11) is 0. The van der Waals surface area contributed by atoms with E-state index in [-0.39, 0.29) is 18.6 Å². The molecule has 20 heavy (non-hydrogen) atoms. The third-order valence-electron chi connectivity index (χ3n) is 3.36. The van der Waals surface area contributed by atoms with E-state index in [4.69, 9.17) is 4.42 Å². The van der Waals surface area contributed by atoms with Gasteiger partial charge in [0.15, 0.2) is 5.76 Å². The van der Waals surface area contributed by atoms with Gasteiger partial charge in [0.25, 0.3) is 5.91 Å². The smallest absolute Gasteiger partial charge is 0.287 e. The molecule has 0 aliphatic heterocycles. The van der Waals surface area contributed by atoms with Crippen LogP contribution in [0.2, 0.25) is 0 Å². The van der Waals surface area contributed by atoms with E-state index < -0.39 is 0 Å². The van der Waals surface area contributed by atoms with Crippen molar-refractivity contribution in [1.29, 1.82) is 0 Å². The summed E-state index contributed by atoms with van der Waals surface area (Å²) in [6, 6.07) is 7.33. The van der Waals surface area contributed by atoms with Crippen molar-refractivity contribution in [3.63, 3.8) is 0 Å². The van der Waals surface area contributed by atoms with E-state index in [1.165, 1.54) is 0 Å². The number of carbonyl (C=O) groups excluding carboxylic acids is 1. The van der Waals surface area contributed by atoms with Crippen LogP contribution in [0, 0.1) is 12.8 Å². The van der Waals surface area contributed by atoms with Crippen molar-refractivity contribution < 1.29 is 14.3 Å². The van der Waals surface area contributed by atoms with Gasteiger partial charge >= 0.3 is 0 Å². The molecule has 0 saturated heterocycles. The Morgan fingerprint density at radius 2 is 2.05 bits per heavy atom. The van der Waals surface area contributed by atoms with Crippen molar-refractivity contribution in [1.82, 2.24) is 5.32 Å². The highest BCUT2D eigenvalue weighted by Gasteiger charge is 2.20. The molecular weight excluding hydrogens is 254 g/mol. The first-order chi connectivity index (χ1) is 9.52. The molecule has 2 rings (SSSR count). The van der Waals surface area contributed by atoms with Crippen molar-refractivity contribution in [2.24, 2.45) is 5.92 Å². The molecule has 0 saturated carbocycles. The molecule has 1 atom stereocenters. The molecular formula is C16H21NO3. The van der Waals surface area contributed by atoms with Gasteiger partial charge in [-0.3, -0.25) is 4.79 Å². The molecule has 1 amide bonds. The molecule has 4 nitrogen and oxygen atoms in total. The lowest BCUT2D eigenvalue weighted by molar-refractivity contribution is 0.0881. The summed E-state index contributed by atoms with van der Waals surface area (Å²) in [4.78, 5) is 12.3. The summed E-state index contributed by atoms with van der Waals surface area (Å²) in [5.74, 6) is 0.469. The molecule has 0 fully saturated rings. The van der Waals surface area contributed by atoms with Crippen LogP contribution in [0.4, 0.5) is 0 Å². The number of aryl methyl sites for hydroxylation is 1. The summed E-state index contributed by atoms with van der Waals surface area (Å²) < 4.78 is 5.62. The molecule has 4 heteroatoms. The van der Waals surface area contributed by atoms with E-state index in [9.17, 15) is 9.90 Å². The van der Waals surface area contributed by atoms with E-state index in [0.29, 0.717) is 17.3 Å². The lowest BCUT2D eigenvalue weighted by Crippen LogP contribution is -2.38. The molecule has 0 bridgehead atoms. The zero-order valence-electron chi connectivity index (χ0n) is 12.1. The van der Waals surface area contributed by atoms with Gasteiger partial charge in [0.05, 0.1) is 12.6 Å². The van der Waals surface area contributed by atoms with Gasteiger partial charge in [0.2, 0.25) is 0 Å². The number of nitrogens with one attached hydrogen (secondary N) is 1. The Kier molecular flexibility index (Phi) is 4.45. The highest BCUT2D eigenvalue weighted by atomic mass is 16.3. The van der Waals surface area contributed by atoms with Crippen LogP contribution >= 0.6 is 0 Å². The number of amides is 1. The first-order valence-electron chi connectivity index (χ1n) is 6.92. The van der Waals surface area contributed by atoms with Crippen molar-refractivity contribution in [2.45, 2.75) is 33.2 Å². The minimum Gasteiger partial charge on any atom is -0.451 e. The maximum absolute atomic E-state index is 12.3. The van der Waals surface area contributed by atoms with Crippen molar-refractivity contribution in [3.8, 4) is 0 Å². The third-order valence-corrected chi connectivity index (χ3v) is 3.36. The fraction of sp³-hybridized carbons (Fsp3) is 0.438. The highest BCUT2D eigenvalue weighted by molar-refractivity contribution is 5.99. The third kappa shape index (κ3) is 3.02. The Morgan fingerprint density at radius 1 is 1.35 bits per heavy atom. The van der Waals surface area contributed by atoms with Crippen molar-refractivity contribution in [3.05, 3.63) is 35.6 Å². The highest BCUT2D eigenvalue weighted by Crippen LogP contribution is 2.24. The molecule has 2 N–H and O–H groups in total. The number of rotatable bonds is 5. The van der Waals surface area contributed by atoms with Gasteiger partial charge in [-0.1, -0.05) is 32.0 Å². The minimum atomic E-state index is -0.265. The molecule has 1 aromatic heterocycles. The predicted octanol–water partition coefficient (Wildman–Crippen LogP) is 2.88. The van der Waals surface area contributed by atoms with Gasteiger partial charge in [-0.05, 0) is 25.3 Å². The Balaban J connectivity index is 2.20. The Morgan fingerprint density at radius 3 is 2.65 bits per heavy atom. The number of hydrogen-bond acceptors (Lipinski definition) is 3. The van der Waals surface area contributed by atoms with Gasteiger partial charge in [-0.15, -0.1) is 0 Å². The van der Waals surface area contributed by atoms with Crippen molar-refractivity contribution in [2.75, 3.05) is 6.61 Å². The van der Waals surface area contributed by atoms with Gasteiger partial charge in [0.1, 0.15) is 5.58 Å². The maximum atomic E-state index is 12.3. The average molecular weight is 275 g/mol. The van der Waals surface area contributed by atoms with Gasteiger partial charge < -0.3 is 14.8 Å². The molecule has 0 radical (unpaired) electrons. The van der Waals surface area contributed by atoms with Crippen molar-refractivity contribution >= 4 is 16.9 Å². The van der Waals surface area contributed by atoms with Gasteiger partial charge in [-0.25, -0.2) is 0 Å². The molecule has 0 aliphatic carbocycles. The van der Waals surface area contributed by atoms with Crippen LogP contribution in [0.25, 0.3) is 11.0 Å². The Bertz CT molecular complexity index is 601. The fourth-order valence-corrected chi connectivity index (χ4v) is 2.39. The summed E-state index contributed by atoms with van der Waals surface area (Å²) in [6.07, 6.45) is 0.738. The average Bonchev–Trinajstić information content (AvgIpc) is 2.75. The molecule has 1 heterocycles. The lowest BCUT2D eigenvalue weighted by Gasteiger charge is -2.17. The Hall–Kier alpha value is -1.81. The molecule has 2 aromatic rings. The summed E-state index contributed by atoms with van der Waals surface area (Å²) in [5, 5.41) is 13.1. The number of carbonyl (C=O) groups is 1. The first-order valence-corrected chi connectivity index (χ1v) is 6.92. The van der Waals surface area contributed by atoms with Crippen LogP contribution in [0.1, 0.15) is 36.4 Å². The monoisotopic (exact) mass is 275 g/mol. The topological polar surface area (TPSA) is 62.5 Å². The number of hydrogen-bond donors (Lipinski definition) is 2. The standard InChI is InChI=1S/C16H21NO3/c1-10(2)8-12(9-18)17-16(19)15-11(3)13-6-4-5-7-14(13)20-15/h4-7,10,12,18H,8-9H2,1-3H3,(H,17,19). The molecule has 108 valence electrons. The fourth-order valence-electron chi connectivity index (χ4n) is 2.39. The molecule has 0 aliphatic rings. The van der Waals surface area contributed by atoms with E-state index in [1.54, 1.807) is 0 Å². The zero-order valence-corrected chi connectivity index (χ0v) is 12.1. The van der Waals surface area contributed by atoms with E-state index in [1.807, 2.05) is 31.2 Å². The van der Waals surface area contributed by atoms with Gasteiger partial charge in [-0.2, -0.15) is 0 Å². The summed E-state index contributed by atoms with van der Waals surface area (Å²) >= 11 is 0. The van der Waals surface area contributed by atoms with Crippen LogP contribution in [0.3, 0.4) is 0 Å². The lowest BCUT2D eigenvalue weighted by atomic mass is 10.0. The zero-order chi connectivity index (χ0) is 14.7. The van der Waals surface area contributed by atoms with Crippen LogP contribution in [0.15, 0.2) is 28.7 Å². The second-order valence-electron chi connectivity index (χ2n) is 5.53. The molecule has 0 spiro atoms. The number of furan rings is 1. The first kappa shape index (κ1) is 14.6. The summed E-state index contributed by atoms with van der Waals surface area (Å²) in [5.41, 5.74) is 1.54. The van der Waals surface area contributed by atoms with E-state index >= 15 is 0 Å². The number of fused-ring (bicyclic) bond motifs is 1. The number of aliphatic hydroxyl groups is 1. The predicted molar refractivity (Wildman–Crippen MR) is 78.7 cm³/mol. The minimum absolute atomic E-state index is 0.0663. The van der Waals surface area contributed by atoms with E-state index in [2.05, 4.69) is 19.2 Å². The molecule has 1 aromatic carbocycles. The number of aliphatic hydroxyl groups excluding tert-OH is 1. The normalized spacial score (nSPS) is 12.8. The summed E-state index contributed by atoms with van der Waals surface area (Å²) in [6.45, 7) is 5.92. The Labute approximate surface area is 118 Å².